The van der Waals surface area contributed by atoms with Crippen molar-refractivity contribution in [2.24, 2.45) is 11.3 Å². The van der Waals surface area contributed by atoms with Gasteiger partial charge in [0, 0.05) is 16.2 Å². The first-order valence-electron chi connectivity index (χ1n) is 8.36. The van der Waals surface area contributed by atoms with Crippen LogP contribution in [0.15, 0.2) is 21.6 Å². The second kappa shape index (κ2) is 7.23. The van der Waals surface area contributed by atoms with E-state index in [9.17, 15) is 0 Å². The van der Waals surface area contributed by atoms with Gasteiger partial charge in [-0.1, -0.05) is 27.7 Å². The van der Waals surface area contributed by atoms with Gasteiger partial charge in [0.2, 0.25) is 0 Å². The minimum atomic E-state index is 0.417. The zero-order valence-electron chi connectivity index (χ0n) is 14.2. The molecule has 1 heterocycles. The highest BCUT2D eigenvalue weighted by molar-refractivity contribution is 8.00. The first-order valence-corrected chi connectivity index (χ1v) is 9.24. The summed E-state index contributed by atoms with van der Waals surface area (Å²) in [4.78, 5) is 1.32. The lowest BCUT2D eigenvalue weighted by Crippen LogP contribution is -2.45. The summed E-state index contributed by atoms with van der Waals surface area (Å²) in [6, 6.07) is 2.76. The number of nitrogens with one attached hydrogen (secondary N) is 1. The van der Waals surface area contributed by atoms with Crippen molar-refractivity contribution in [1.29, 1.82) is 0 Å². The van der Waals surface area contributed by atoms with Crippen LogP contribution in [0.4, 0.5) is 0 Å². The van der Waals surface area contributed by atoms with Crippen molar-refractivity contribution in [2.75, 3.05) is 6.54 Å². The Bertz CT molecular complexity index is 435. The Morgan fingerprint density at radius 3 is 2.67 bits per heavy atom. The molecule has 0 bridgehead atoms. The number of aryl methyl sites for hydroxylation is 1. The highest BCUT2D eigenvalue weighted by Gasteiger charge is 2.36. The van der Waals surface area contributed by atoms with Gasteiger partial charge in [-0.3, -0.25) is 0 Å². The van der Waals surface area contributed by atoms with Crippen LogP contribution in [-0.4, -0.2) is 17.8 Å². The fraction of sp³-hybridized carbons (Fsp3) is 0.778. The average molecular weight is 310 g/mol. The second-order valence-electron chi connectivity index (χ2n) is 7.43. The lowest BCUT2D eigenvalue weighted by molar-refractivity contribution is 0.165. The molecule has 2 rings (SSSR count). The number of thioether (sulfide) groups is 1. The minimum Gasteiger partial charge on any atom is -0.468 e. The van der Waals surface area contributed by atoms with Crippen LogP contribution in [0.25, 0.3) is 0 Å². The van der Waals surface area contributed by atoms with Crippen LogP contribution < -0.4 is 5.32 Å². The van der Waals surface area contributed by atoms with Gasteiger partial charge in [0.05, 0.1) is 6.26 Å². The molecule has 1 aliphatic carbocycles. The molecule has 0 aliphatic heterocycles. The number of hydrogen-bond acceptors (Lipinski definition) is 3. The highest BCUT2D eigenvalue weighted by Crippen LogP contribution is 2.44. The zero-order valence-corrected chi connectivity index (χ0v) is 15.1. The van der Waals surface area contributed by atoms with Crippen LogP contribution >= 0.6 is 11.8 Å². The quantitative estimate of drug-likeness (QED) is 0.803. The number of hydrogen-bond donors (Lipinski definition) is 1. The summed E-state index contributed by atoms with van der Waals surface area (Å²) in [7, 11) is 0. The van der Waals surface area contributed by atoms with E-state index in [-0.39, 0.29) is 0 Å². The van der Waals surface area contributed by atoms with Crippen LogP contribution in [0.1, 0.15) is 59.1 Å². The molecule has 1 saturated carbocycles. The molecule has 0 aromatic carbocycles. The Morgan fingerprint density at radius 1 is 1.33 bits per heavy atom. The predicted octanol–water partition coefficient (Wildman–Crippen LogP) is 5.26. The molecule has 0 saturated heterocycles. The fourth-order valence-corrected chi connectivity index (χ4v) is 4.67. The summed E-state index contributed by atoms with van der Waals surface area (Å²) in [5.74, 6) is 1.88. The first-order chi connectivity index (χ1) is 9.91. The molecule has 3 unspecified atom stereocenters. The highest BCUT2D eigenvalue weighted by atomic mass is 32.2. The van der Waals surface area contributed by atoms with Gasteiger partial charge in [0.15, 0.2) is 0 Å². The van der Waals surface area contributed by atoms with Crippen molar-refractivity contribution in [3.05, 3.63) is 18.1 Å². The lowest BCUT2D eigenvalue weighted by Gasteiger charge is -2.42. The normalized spacial score (nSPS) is 27.0. The van der Waals surface area contributed by atoms with E-state index in [1.807, 2.05) is 18.0 Å². The number of furan rings is 1. The molecular weight excluding hydrogens is 278 g/mol. The Hall–Kier alpha value is -0.410. The van der Waals surface area contributed by atoms with E-state index in [0.29, 0.717) is 16.7 Å². The third kappa shape index (κ3) is 4.53. The maximum atomic E-state index is 5.48. The maximum absolute atomic E-state index is 5.48. The molecule has 1 fully saturated rings. The van der Waals surface area contributed by atoms with Crippen LogP contribution in [0.3, 0.4) is 0 Å². The second-order valence-corrected chi connectivity index (χ2v) is 8.71. The summed E-state index contributed by atoms with van der Waals surface area (Å²) >= 11 is 2.02. The van der Waals surface area contributed by atoms with Gasteiger partial charge in [-0.05, 0) is 56.6 Å². The largest absolute Gasteiger partial charge is 0.468 e. The molecule has 0 spiro atoms. The molecule has 0 radical (unpaired) electrons. The van der Waals surface area contributed by atoms with Crippen molar-refractivity contribution >= 4 is 11.8 Å². The SMILES string of the molecule is CCCNC1CCC(C(C)(C)C)CC1Sc1ccoc1C. The Kier molecular flexibility index (Phi) is 5.84. The molecule has 1 aliphatic rings. The number of rotatable bonds is 5. The van der Waals surface area contributed by atoms with E-state index in [2.05, 4.69) is 46.0 Å². The zero-order chi connectivity index (χ0) is 15.5. The Morgan fingerprint density at radius 2 is 2.10 bits per heavy atom. The third-order valence-corrected chi connectivity index (χ3v) is 6.26. The molecule has 1 aromatic rings. The van der Waals surface area contributed by atoms with Crippen molar-refractivity contribution in [2.45, 2.75) is 76.5 Å². The molecule has 3 heteroatoms. The van der Waals surface area contributed by atoms with Crippen molar-refractivity contribution < 1.29 is 4.42 Å². The van der Waals surface area contributed by atoms with Gasteiger partial charge in [-0.15, -0.1) is 11.8 Å². The summed E-state index contributed by atoms with van der Waals surface area (Å²) < 4.78 is 5.48. The van der Waals surface area contributed by atoms with E-state index in [4.69, 9.17) is 4.42 Å². The average Bonchev–Trinajstić information content (AvgIpc) is 2.82. The van der Waals surface area contributed by atoms with E-state index in [0.717, 1.165) is 18.2 Å². The van der Waals surface area contributed by atoms with Crippen LogP contribution in [-0.2, 0) is 0 Å². The minimum absolute atomic E-state index is 0.417. The van der Waals surface area contributed by atoms with Gasteiger partial charge in [-0.25, -0.2) is 0 Å². The Labute approximate surface area is 134 Å². The summed E-state index contributed by atoms with van der Waals surface area (Å²) in [6.45, 7) is 12.6. The van der Waals surface area contributed by atoms with E-state index < -0.39 is 0 Å². The van der Waals surface area contributed by atoms with Gasteiger partial charge < -0.3 is 9.73 Å². The molecule has 1 aromatic heterocycles. The molecule has 21 heavy (non-hydrogen) atoms. The summed E-state index contributed by atoms with van der Waals surface area (Å²) in [5.41, 5.74) is 0.417. The predicted molar refractivity (Wildman–Crippen MR) is 92.0 cm³/mol. The molecule has 3 atom stereocenters. The van der Waals surface area contributed by atoms with Crippen LogP contribution in [0.2, 0.25) is 0 Å². The summed E-state index contributed by atoms with van der Waals surface area (Å²) in [5, 5.41) is 4.43. The molecular formula is C18H31NOS. The Balaban J connectivity index is 2.07. The molecule has 2 nitrogen and oxygen atoms in total. The van der Waals surface area contributed by atoms with Gasteiger partial charge in [-0.2, -0.15) is 0 Å². The van der Waals surface area contributed by atoms with Crippen LogP contribution in [0, 0.1) is 18.3 Å². The fourth-order valence-electron chi connectivity index (χ4n) is 3.27. The smallest absolute Gasteiger partial charge is 0.114 e. The topological polar surface area (TPSA) is 25.2 Å². The van der Waals surface area contributed by atoms with E-state index >= 15 is 0 Å². The lowest BCUT2D eigenvalue weighted by atomic mass is 9.71. The van der Waals surface area contributed by atoms with E-state index in [1.54, 1.807) is 0 Å². The van der Waals surface area contributed by atoms with Crippen molar-refractivity contribution in [1.82, 2.24) is 5.32 Å². The monoisotopic (exact) mass is 309 g/mol. The van der Waals surface area contributed by atoms with E-state index in [1.165, 1.54) is 30.6 Å². The molecule has 120 valence electrons. The van der Waals surface area contributed by atoms with Gasteiger partial charge in [0.25, 0.3) is 0 Å². The van der Waals surface area contributed by atoms with Crippen molar-refractivity contribution in [3.8, 4) is 0 Å². The van der Waals surface area contributed by atoms with Gasteiger partial charge >= 0.3 is 0 Å². The van der Waals surface area contributed by atoms with Gasteiger partial charge in [0.1, 0.15) is 5.76 Å². The standard InChI is InChI=1S/C18H31NOS/c1-6-10-19-15-8-7-14(18(3,4)5)12-17(15)21-16-9-11-20-13(16)2/h9,11,14-15,17,19H,6-8,10,12H2,1-5H3. The van der Waals surface area contributed by atoms with Crippen LogP contribution in [0.5, 0.6) is 0 Å². The summed E-state index contributed by atoms with van der Waals surface area (Å²) in [6.07, 6.45) is 6.99. The molecule has 0 amide bonds. The first kappa shape index (κ1) is 17.0. The molecule has 1 N–H and O–H groups in total. The van der Waals surface area contributed by atoms with Crippen molar-refractivity contribution in [3.63, 3.8) is 0 Å². The third-order valence-electron chi connectivity index (χ3n) is 4.76. The maximum Gasteiger partial charge on any atom is 0.114 e.